The zero-order valence-electron chi connectivity index (χ0n) is 16.5. The fourth-order valence-electron chi connectivity index (χ4n) is 3.00. The van der Waals surface area contributed by atoms with E-state index in [1.54, 1.807) is 0 Å². The van der Waals surface area contributed by atoms with E-state index in [4.69, 9.17) is 9.47 Å². The van der Waals surface area contributed by atoms with Gasteiger partial charge in [-0.3, -0.25) is 4.79 Å². The van der Waals surface area contributed by atoms with Crippen LogP contribution in [0.1, 0.15) is 37.8 Å². The Morgan fingerprint density at radius 2 is 1.57 bits per heavy atom. The van der Waals surface area contributed by atoms with Crippen LogP contribution in [0.2, 0.25) is 0 Å². The normalized spacial score (nSPS) is 12.7. The van der Waals surface area contributed by atoms with Crippen molar-refractivity contribution in [2.45, 2.75) is 38.9 Å². The van der Waals surface area contributed by atoms with Gasteiger partial charge in [0.05, 0.1) is 12.2 Å². The van der Waals surface area contributed by atoms with Gasteiger partial charge in [0.1, 0.15) is 18.3 Å². The zero-order valence-corrected chi connectivity index (χ0v) is 16.5. The first kappa shape index (κ1) is 19.9. The maximum atomic E-state index is 12.0. The highest BCUT2D eigenvalue weighted by molar-refractivity contribution is 5.87. The highest BCUT2D eigenvalue weighted by atomic mass is 16.5. The fraction of sp³-hybridized carbons (Fsp3) is 0.292. The molecule has 0 aliphatic carbocycles. The van der Waals surface area contributed by atoms with Gasteiger partial charge < -0.3 is 14.6 Å². The smallest absolute Gasteiger partial charge is 0.313 e. The summed E-state index contributed by atoms with van der Waals surface area (Å²) in [6.45, 7) is 6.20. The van der Waals surface area contributed by atoms with E-state index in [9.17, 15) is 9.90 Å². The molecule has 0 fully saturated rings. The summed E-state index contributed by atoms with van der Waals surface area (Å²) in [4.78, 5) is 12.0. The maximum Gasteiger partial charge on any atom is 0.313 e. The number of fused-ring (bicyclic) bond motifs is 1. The average Bonchev–Trinajstić information content (AvgIpc) is 2.66. The van der Waals surface area contributed by atoms with Crippen molar-refractivity contribution in [1.29, 1.82) is 0 Å². The SMILES string of the molecule is CC(C)(C)OCC(C(=O)O)c1cc2ccccc2cc1OCc1ccccc1. The number of carboxylic acids is 1. The Labute approximate surface area is 165 Å². The molecule has 4 nitrogen and oxygen atoms in total. The fourth-order valence-corrected chi connectivity index (χ4v) is 3.00. The molecule has 1 N–H and O–H groups in total. The summed E-state index contributed by atoms with van der Waals surface area (Å²) in [5.41, 5.74) is 1.24. The maximum absolute atomic E-state index is 12.0. The van der Waals surface area contributed by atoms with Gasteiger partial charge in [-0.15, -0.1) is 0 Å². The Kier molecular flexibility index (Phi) is 6.00. The minimum atomic E-state index is -0.927. The van der Waals surface area contributed by atoms with Gasteiger partial charge in [0, 0.05) is 5.56 Å². The number of aliphatic carboxylic acids is 1. The van der Waals surface area contributed by atoms with Crippen LogP contribution in [-0.2, 0) is 16.1 Å². The van der Waals surface area contributed by atoms with Crippen LogP contribution in [0.15, 0.2) is 66.7 Å². The molecule has 3 rings (SSSR count). The van der Waals surface area contributed by atoms with Gasteiger partial charge in [-0.25, -0.2) is 0 Å². The minimum absolute atomic E-state index is 0.0822. The molecule has 3 aromatic carbocycles. The summed E-state index contributed by atoms with van der Waals surface area (Å²) in [6.07, 6.45) is 0. The van der Waals surface area contributed by atoms with Gasteiger partial charge in [0.2, 0.25) is 0 Å². The van der Waals surface area contributed by atoms with Gasteiger partial charge >= 0.3 is 5.97 Å². The lowest BCUT2D eigenvalue weighted by Gasteiger charge is -2.24. The van der Waals surface area contributed by atoms with E-state index in [-0.39, 0.29) is 6.61 Å². The highest BCUT2D eigenvalue weighted by Crippen LogP contribution is 2.33. The molecule has 1 unspecified atom stereocenters. The van der Waals surface area contributed by atoms with Crippen molar-refractivity contribution in [3.63, 3.8) is 0 Å². The van der Waals surface area contributed by atoms with E-state index in [0.717, 1.165) is 16.3 Å². The molecule has 0 radical (unpaired) electrons. The topological polar surface area (TPSA) is 55.8 Å². The predicted molar refractivity (Wildman–Crippen MR) is 111 cm³/mol. The van der Waals surface area contributed by atoms with Crippen LogP contribution in [-0.4, -0.2) is 23.3 Å². The summed E-state index contributed by atoms with van der Waals surface area (Å²) >= 11 is 0. The predicted octanol–water partition coefficient (Wildman–Crippen LogP) is 5.40. The van der Waals surface area contributed by atoms with Crippen molar-refractivity contribution in [1.82, 2.24) is 0 Å². The number of benzene rings is 3. The van der Waals surface area contributed by atoms with Gasteiger partial charge in [-0.2, -0.15) is 0 Å². The highest BCUT2D eigenvalue weighted by Gasteiger charge is 2.27. The molecule has 0 amide bonds. The van der Waals surface area contributed by atoms with Gasteiger partial charge in [0.25, 0.3) is 0 Å². The molecule has 0 aliphatic rings. The first-order chi connectivity index (χ1) is 13.3. The van der Waals surface area contributed by atoms with E-state index >= 15 is 0 Å². The van der Waals surface area contributed by atoms with Crippen molar-refractivity contribution in [2.24, 2.45) is 0 Å². The number of carboxylic acid groups (broad SMARTS) is 1. The number of hydrogen-bond acceptors (Lipinski definition) is 3. The molecule has 3 aromatic rings. The van der Waals surface area contributed by atoms with Crippen LogP contribution in [0.3, 0.4) is 0 Å². The Hall–Kier alpha value is -2.85. The van der Waals surface area contributed by atoms with Crippen LogP contribution in [0.25, 0.3) is 10.8 Å². The molecule has 0 aromatic heterocycles. The van der Waals surface area contributed by atoms with Gasteiger partial charge in [0.15, 0.2) is 0 Å². The van der Waals surface area contributed by atoms with E-state index in [0.29, 0.717) is 17.9 Å². The van der Waals surface area contributed by atoms with Crippen molar-refractivity contribution in [3.8, 4) is 5.75 Å². The van der Waals surface area contributed by atoms with Gasteiger partial charge in [-0.1, -0.05) is 54.6 Å². The molecule has 28 heavy (non-hydrogen) atoms. The quantitative estimate of drug-likeness (QED) is 0.598. The zero-order chi connectivity index (χ0) is 20.1. The van der Waals surface area contributed by atoms with E-state index in [1.165, 1.54) is 0 Å². The van der Waals surface area contributed by atoms with Crippen molar-refractivity contribution >= 4 is 16.7 Å². The Balaban J connectivity index is 1.98. The first-order valence-corrected chi connectivity index (χ1v) is 9.40. The van der Waals surface area contributed by atoms with Crippen molar-refractivity contribution in [2.75, 3.05) is 6.61 Å². The van der Waals surface area contributed by atoms with Crippen LogP contribution in [0, 0.1) is 0 Å². The van der Waals surface area contributed by atoms with Gasteiger partial charge in [-0.05, 0) is 49.2 Å². The molecule has 0 spiro atoms. The lowest BCUT2D eigenvalue weighted by molar-refractivity contribution is -0.141. The third kappa shape index (κ3) is 5.11. The molecule has 0 heterocycles. The Bertz CT molecular complexity index is 942. The Morgan fingerprint density at radius 3 is 2.18 bits per heavy atom. The van der Waals surface area contributed by atoms with Crippen LogP contribution in [0.5, 0.6) is 5.75 Å². The summed E-state index contributed by atoms with van der Waals surface area (Å²) in [7, 11) is 0. The molecule has 0 saturated heterocycles. The molecule has 0 saturated carbocycles. The van der Waals surface area contributed by atoms with Crippen LogP contribution >= 0.6 is 0 Å². The number of rotatable bonds is 7. The first-order valence-electron chi connectivity index (χ1n) is 9.40. The number of carbonyl (C=O) groups is 1. The lowest BCUT2D eigenvalue weighted by atomic mass is 9.95. The second-order valence-electron chi connectivity index (χ2n) is 7.83. The van der Waals surface area contributed by atoms with Crippen molar-refractivity contribution in [3.05, 3.63) is 77.9 Å². The summed E-state index contributed by atoms with van der Waals surface area (Å²) in [5.74, 6) is -1.16. The molecule has 146 valence electrons. The molecule has 0 aliphatic heterocycles. The third-order valence-electron chi connectivity index (χ3n) is 4.47. The standard InChI is InChI=1S/C24H26O4/c1-24(2,3)28-16-21(23(25)26)20-13-18-11-7-8-12-19(18)14-22(20)27-15-17-9-5-4-6-10-17/h4-14,21H,15-16H2,1-3H3,(H,25,26). The lowest BCUT2D eigenvalue weighted by Crippen LogP contribution is -2.26. The summed E-state index contributed by atoms with van der Waals surface area (Å²) in [5, 5.41) is 11.9. The molecule has 1 atom stereocenters. The largest absolute Gasteiger partial charge is 0.489 e. The molecule has 4 heteroatoms. The summed E-state index contributed by atoms with van der Waals surface area (Å²) in [6, 6.07) is 21.5. The summed E-state index contributed by atoms with van der Waals surface area (Å²) < 4.78 is 11.9. The van der Waals surface area contributed by atoms with Crippen molar-refractivity contribution < 1.29 is 19.4 Å². The number of hydrogen-bond donors (Lipinski definition) is 1. The monoisotopic (exact) mass is 378 g/mol. The molecular formula is C24H26O4. The average molecular weight is 378 g/mol. The molecule has 0 bridgehead atoms. The Morgan fingerprint density at radius 1 is 0.964 bits per heavy atom. The minimum Gasteiger partial charge on any atom is -0.489 e. The number of ether oxygens (including phenoxy) is 2. The van der Waals surface area contributed by atoms with E-state index < -0.39 is 17.5 Å². The van der Waals surface area contributed by atoms with Crippen LogP contribution < -0.4 is 4.74 Å². The van der Waals surface area contributed by atoms with Crippen LogP contribution in [0.4, 0.5) is 0 Å². The second kappa shape index (κ2) is 8.44. The van der Waals surface area contributed by atoms with E-state index in [1.807, 2.05) is 87.5 Å². The van der Waals surface area contributed by atoms with E-state index in [2.05, 4.69) is 0 Å². The molecular weight excluding hydrogens is 352 g/mol. The second-order valence-corrected chi connectivity index (χ2v) is 7.83. The third-order valence-corrected chi connectivity index (χ3v) is 4.47.